The van der Waals surface area contributed by atoms with E-state index in [1.54, 1.807) is 0 Å². The Labute approximate surface area is 120 Å². The molecule has 2 aromatic carbocycles. The second kappa shape index (κ2) is 6.86. The van der Waals surface area contributed by atoms with Gasteiger partial charge in [0.1, 0.15) is 17.3 Å². The number of hydrogen-bond acceptors (Lipinski definition) is 3. The molecule has 0 unspecified atom stereocenters. The molecule has 0 spiro atoms. The highest BCUT2D eigenvalue weighted by atomic mass is 32.2. The number of amides is 1. The van der Waals surface area contributed by atoms with Crippen LogP contribution >= 0.6 is 0 Å². The van der Waals surface area contributed by atoms with E-state index in [4.69, 9.17) is 10.5 Å². The molecule has 20 heavy (non-hydrogen) atoms. The van der Waals surface area contributed by atoms with E-state index in [2.05, 4.69) is 0 Å². The van der Waals surface area contributed by atoms with Crippen LogP contribution in [0.15, 0.2) is 54.6 Å². The van der Waals surface area contributed by atoms with Crippen LogP contribution < -0.4 is 10.5 Å². The van der Waals surface area contributed by atoms with E-state index < -0.39 is 16.7 Å². The Morgan fingerprint density at radius 2 is 1.60 bits per heavy atom. The number of carbonyl (C=O) groups excluding carboxylic acids is 1. The minimum atomic E-state index is -1.26. The molecule has 0 radical (unpaired) electrons. The fourth-order valence-electron chi connectivity index (χ4n) is 1.67. The van der Waals surface area contributed by atoms with Gasteiger partial charge in [0.15, 0.2) is 0 Å². The van der Waals surface area contributed by atoms with E-state index >= 15 is 0 Å². The Morgan fingerprint density at radius 1 is 1.00 bits per heavy atom. The zero-order valence-electron chi connectivity index (χ0n) is 10.8. The standard InChI is InChI=1S/C15H15NO3S/c16-15(17)11-20(18)10-12-6-8-14(9-7-12)19-13-4-2-1-3-5-13/h1-9H,10-11H2,(H2,16,17)/t20-/m1/s1. The lowest BCUT2D eigenvalue weighted by Crippen LogP contribution is -2.20. The van der Waals surface area contributed by atoms with Crippen molar-refractivity contribution in [1.82, 2.24) is 0 Å². The lowest BCUT2D eigenvalue weighted by molar-refractivity contribution is -0.115. The van der Waals surface area contributed by atoms with E-state index in [-0.39, 0.29) is 5.75 Å². The van der Waals surface area contributed by atoms with E-state index in [9.17, 15) is 9.00 Å². The van der Waals surface area contributed by atoms with Gasteiger partial charge in [0.05, 0.1) is 0 Å². The Balaban J connectivity index is 1.96. The van der Waals surface area contributed by atoms with Gasteiger partial charge >= 0.3 is 0 Å². The first-order valence-electron chi connectivity index (χ1n) is 6.08. The van der Waals surface area contributed by atoms with Crippen LogP contribution in [0.4, 0.5) is 0 Å². The number of ether oxygens (including phenoxy) is 1. The third-order valence-electron chi connectivity index (χ3n) is 2.53. The van der Waals surface area contributed by atoms with Crippen LogP contribution in [0.3, 0.4) is 0 Å². The van der Waals surface area contributed by atoms with Crippen molar-refractivity contribution in [3.8, 4) is 11.5 Å². The molecule has 2 rings (SSSR count). The molecule has 2 aromatic rings. The van der Waals surface area contributed by atoms with E-state index in [1.165, 1.54) is 0 Å². The monoisotopic (exact) mass is 289 g/mol. The molecule has 0 aliphatic carbocycles. The summed E-state index contributed by atoms with van der Waals surface area (Å²) in [5.41, 5.74) is 5.88. The molecule has 0 saturated carbocycles. The van der Waals surface area contributed by atoms with Crippen LogP contribution in [-0.4, -0.2) is 15.9 Å². The van der Waals surface area contributed by atoms with Crippen molar-refractivity contribution >= 4 is 16.7 Å². The Kier molecular flexibility index (Phi) is 4.90. The number of rotatable bonds is 6. The molecule has 104 valence electrons. The third-order valence-corrected chi connectivity index (χ3v) is 3.79. The fourth-order valence-corrected chi connectivity index (χ4v) is 2.66. The van der Waals surface area contributed by atoms with Gasteiger partial charge in [-0.15, -0.1) is 0 Å². The van der Waals surface area contributed by atoms with Gasteiger partial charge < -0.3 is 10.5 Å². The summed E-state index contributed by atoms with van der Waals surface area (Å²) in [6, 6.07) is 16.7. The quantitative estimate of drug-likeness (QED) is 0.886. The van der Waals surface area contributed by atoms with Crippen LogP contribution in [-0.2, 0) is 21.3 Å². The summed E-state index contributed by atoms with van der Waals surface area (Å²) < 4.78 is 17.2. The summed E-state index contributed by atoms with van der Waals surface area (Å²) in [5, 5.41) is 0. The summed E-state index contributed by atoms with van der Waals surface area (Å²) in [7, 11) is -1.26. The lowest BCUT2D eigenvalue weighted by Gasteiger charge is -2.06. The number of benzene rings is 2. The average Bonchev–Trinajstić information content (AvgIpc) is 2.41. The van der Waals surface area contributed by atoms with Crippen LogP contribution in [0.5, 0.6) is 11.5 Å². The summed E-state index contributed by atoms with van der Waals surface area (Å²) in [5.74, 6) is 1.13. The highest BCUT2D eigenvalue weighted by Gasteiger charge is 2.06. The number of para-hydroxylation sites is 1. The van der Waals surface area contributed by atoms with Gasteiger partial charge in [-0.05, 0) is 29.8 Å². The van der Waals surface area contributed by atoms with Crippen LogP contribution in [0.2, 0.25) is 0 Å². The van der Waals surface area contributed by atoms with Gasteiger partial charge in [0, 0.05) is 16.6 Å². The molecule has 0 aliphatic rings. The van der Waals surface area contributed by atoms with Crippen molar-refractivity contribution in [3.63, 3.8) is 0 Å². The SMILES string of the molecule is NC(=O)C[S@](=O)Cc1ccc(Oc2ccccc2)cc1. The number of primary amides is 1. The third kappa shape index (κ3) is 4.51. The smallest absolute Gasteiger partial charge is 0.230 e. The maximum absolute atomic E-state index is 11.6. The van der Waals surface area contributed by atoms with Gasteiger partial charge in [-0.2, -0.15) is 0 Å². The normalized spacial score (nSPS) is 11.8. The largest absolute Gasteiger partial charge is 0.457 e. The minimum Gasteiger partial charge on any atom is -0.457 e. The number of carbonyl (C=O) groups is 1. The first-order valence-corrected chi connectivity index (χ1v) is 7.57. The maximum Gasteiger partial charge on any atom is 0.230 e. The van der Waals surface area contributed by atoms with Gasteiger partial charge in [0.2, 0.25) is 5.91 Å². The fraction of sp³-hybridized carbons (Fsp3) is 0.133. The highest BCUT2D eigenvalue weighted by molar-refractivity contribution is 7.84. The van der Waals surface area contributed by atoms with Gasteiger partial charge in [0.25, 0.3) is 0 Å². The molecule has 1 atom stereocenters. The van der Waals surface area contributed by atoms with E-state index in [1.807, 2.05) is 54.6 Å². The molecule has 4 nitrogen and oxygen atoms in total. The van der Waals surface area contributed by atoms with E-state index in [0.717, 1.165) is 11.3 Å². The summed E-state index contributed by atoms with van der Waals surface area (Å²) in [6.07, 6.45) is 0. The van der Waals surface area contributed by atoms with Crippen molar-refractivity contribution in [1.29, 1.82) is 0 Å². The second-order valence-corrected chi connectivity index (χ2v) is 5.71. The minimum absolute atomic E-state index is 0.109. The predicted octanol–water partition coefficient (Wildman–Crippen LogP) is 2.21. The van der Waals surface area contributed by atoms with Crippen LogP contribution in [0.1, 0.15) is 5.56 Å². The number of nitrogens with two attached hydrogens (primary N) is 1. The Bertz CT molecular complexity index is 596. The molecule has 2 N–H and O–H groups in total. The second-order valence-electron chi connectivity index (χ2n) is 4.25. The van der Waals surface area contributed by atoms with Crippen molar-refractivity contribution < 1.29 is 13.7 Å². The summed E-state index contributed by atoms with van der Waals surface area (Å²) in [6.45, 7) is 0. The van der Waals surface area contributed by atoms with Gasteiger partial charge in [-0.3, -0.25) is 9.00 Å². The van der Waals surface area contributed by atoms with Crippen LogP contribution in [0.25, 0.3) is 0 Å². The predicted molar refractivity (Wildman–Crippen MR) is 78.9 cm³/mol. The molecular formula is C15H15NO3S. The Hall–Kier alpha value is -2.14. The molecule has 0 aliphatic heterocycles. The molecule has 5 heteroatoms. The first-order chi connectivity index (χ1) is 9.63. The molecule has 0 heterocycles. The van der Waals surface area contributed by atoms with Crippen molar-refractivity contribution in [2.45, 2.75) is 5.75 Å². The molecule has 0 aromatic heterocycles. The van der Waals surface area contributed by atoms with Gasteiger partial charge in [-0.25, -0.2) is 0 Å². The van der Waals surface area contributed by atoms with E-state index in [0.29, 0.717) is 11.5 Å². The molecule has 0 fully saturated rings. The topological polar surface area (TPSA) is 69.4 Å². The van der Waals surface area contributed by atoms with Gasteiger partial charge in [-0.1, -0.05) is 30.3 Å². The molecule has 0 bridgehead atoms. The lowest BCUT2D eigenvalue weighted by atomic mass is 10.2. The van der Waals surface area contributed by atoms with Crippen molar-refractivity contribution in [2.24, 2.45) is 5.73 Å². The van der Waals surface area contributed by atoms with Crippen LogP contribution in [0, 0.1) is 0 Å². The Morgan fingerprint density at radius 3 is 2.20 bits per heavy atom. The van der Waals surface area contributed by atoms with Crippen molar-refractivity contribution in [3.05, 3.63) is 60.2 Å². The zero-order valence-corrected chi connectivity index (χ0v) is 11.6. The highest BCUT2D eigenvalue weighted by Crippen LogP contribution is 2.21. The molecular weight excluding hydrogens is 274 g/mol. The average molecular weight is 289 g/mol. The first kappa shape index (κ1) is 14.3. The van der Waals surface area contributed by atoms with Crippen molar-refractivity contribution in [2.75, 3.05) is 5.75 Å². The zero-order chi connectivity index (χ0) is 14.4. The number of hydrogen-bond donors (Lipinski definition) is 1. The summed E-state index contributed by atoms with van der Waals surface area (Å²) >= 11 is 0. The maximum atomic E-state index is 11.6. The molecule has 0 saturated heterocycles. The summed E-state index contributed by atoms with van der Waals surface area (Å²) in [4.78, 5) is 10.7. The molecule has 1 amide bonds.